The van der Waals surface area contributed by atoms with E-state index in [1.165, 1.54) is 263 Å². The van der Waals surface area contributed by atoms with E-state index in [9.17, 15) is 35.1 Å². The van der Waals surface area contributed by atoms with Gasteiger partial charge in [-0.2, -0.15) is 0 Å². The normalized spacial score (nSPS) is 18.2. The zero-order chi connectivity index (χ0) is 60.9. The van der Waals surface area contributed by atoms with Crippen LogP contribution >= 0.6 is 0 Å². The first-order valence-corrected chi connectivity index (χ1v) is 36.3. The largest absolute Gasteiger partial charge is 0.466 e. The average molecular weight is 1190 g/mol. The minimum absolute atomic E-state index is 0.0124. The van der Waals surface area contributed by atoms with Gasteiger partial charge in [-0.1, -0.05) is 320 Å². The lowest BCUT2D eigenvalue weighted by atomic mass is 9.99. The lowest BCUT2D eigenvalue weighted by molar-refractivity contribution is -0.302. The molecule has 0 radical (unpaired) electrons. The van der Waals surface area contributed by atoms with Gasteiger partial charge in [0.1, 0.15) is 24.4 Å². The fraction of sp³-hybridized carbons (Fsp3) is 0.890. The number of aliphatic hydroxyl groups excluding tert-OH is 5. The highest BCUT2D eigenvalue weighted by atomic mass is 16.7. The summed E-state index contributed by atoms with van der Waals surface area (Å²) < 4.78 is 16.7. The van der Waals surface area contributed by atoms with Gasteiger partial charge in [-0.3, -0.25) is 9.59 Å². The Morgan fingerprint density at radius 3 is 1.18 bits per heavy atom. The van der Waals surface area contributed by atoms with E-state index in [1.807, 2.05) is 6.08 Å². The predicted molar refractivity (Wildman–Crippen MR) is 352 cm³/mol. The molecule has 0 aromatic rings. The zero-order valence-corrected chi connectivity index (χ0v) is 54.9. The molecule has 1 saturated heterocycles. The fourth-order valence-corrected chi connectivity index (χ4v) is 11.5. The molecule has 0 aromatic heterocycles. The molecule has 1 amide bonds. The highest BCUT2D eigenvalue weighted by molar-refractivity contribution is 5.76. The summed E-state index contributed by atoms with van der Waals surface area (Å²) in [7, 11) is 0. The van der Waals surface area contributed by atoms with Crippen molar-refractivity contribution in [2.45, 2.75) is 397 Å². The van der Waals surface area contributed by atoms with E-state index in [0.717, 1.165) is 64.2 Å². The molecule has 1 fully saturated rings. The lowest BCUT2D eigenvalue weighted by Gasteiger charge is -2.40. The van der Waals surface area contributed by atoms with Gasteiger partial charge in [-0.25, -0.2) is 0 Å². The second-order valence-electron chi connectivity index (χ2n) is 25.3. The molecule has 1 heterocycles. The Morgan fingerprint density at radius 1 is 0.429 bits per heavy atom. The molecule has 1 aliphatic heterocycles. The molecule has 0 bridgehead atoms. The molecule has 0 saturated carbocycles. The summed E-state index contributed by atoms with van der Waals surface area (Å²) in [5.41, 5.74) is 0. The number of rotatable bonds is 64. The highest BCUT2D eigenvalue weighted by Gasteiger charge is 2.44. The second kappa shape index (κ2) is 62.5. The van der Waals surface area contributed by atoms with Crippen LogP contribution in [0.3, 0.4) is 0 Å². The van der Waals surface area contributed by atoms with E-state index in [1.54, 1.807) is 6.08 Å². The van der Waals surface area contributed by atoms with Crippen molar-refractivity contribution in [2.75, 3.05) is 19.8 Å². The van der Waals surface area contributed by atoms with E-state index in [-0.39, 0.29) is 18.5 Å². The summed E-state index contributed by atoms with van der Waals surface area (Å²) in [6.07, 6.45) is 70.0. The van der Waals surface area contributed by atoms with Crippen molar-refractivity contribution in [1.82, 2.24) is 5.32 Å². The molecule has 0 aliphatic carbocycles. The Hall–Kier alpha value is -2.12. The molecule has 7 atom stereocenters. The summed E-state index contributed by atoms with van der Waals surface area (Å²) in [5.74, 6) is -0.178. The number of ether oxygens (including phenoxy) is 3. The summed E-state index contributed by atoms with van der Waals surface area (Å²) >= 11 is 0. The van der Waals surface area contributed by atoms with Gasteiger partial charge in [0.2, 0.25) is 5.91 Å². The highest BCUT2D eigenvalue weighted by Crippen LogP contribution is 2.23. The third kappa shape index (κ3) is 50.8. The second-order valence-corrected chi connectivity index (χ2v) is 25.3. The van der Waals surface area contributed by atoms with Crippen LogP contribution in [0.1, 0.15) is 354 Å². The van der Waals surface area contributed by atoms with Crippen molar-refractivity contribution in [2.24, 2.45) is 0 Å². The van der Waals surface area contributed by atoms with Crippen LogP contribution in [-0.4, -0.2) is 100 Å². The van der Waals surface area contributed by atoms with Gasteiger partial charge in [0, 0.05) is 12.8 Å². The Balaban J connectivity index is 1.96. The van der Waals surface area contributed by atoms with Crippen molar-refractivity contribution < 1.29 is 49.3 Å². The number of hydrogen-bond acceptors (Lipinski definition) is 10. The summed E-state index contributed by atoms with van der Waals surface area (Å²) in [5, 5.41) is 54.5. The Morgan fingerprint density at radius 2 is 0.774 bits per heavy atom. The third-order valence-electron chi connectivity index (χ3n) is 17.2. The first-order valence-electron chi connectivity index (χ1n) is 36.3. The number of esters is 1. The van der Waals surface area contributed by atoms with E-state index in [4.69, 9.17) is 14.2 Å². The number of allylic oxidation sites excluding steroid dienone is 5. The molecular formula is C73H137NO10. The molecule has 494 valence electrons. The van der Waals surface area contributed by atoms with Gasteiger partial charge >= 0.3 is 5.97 Å². The van der Waals surface area contributed by atoms with Gasteiger partial charge in [0.05, 0.1) is 32.0 Å². The standard InChI is InChI=1S/C73H137NO10/c1-3-5-7-9-11-13-15-16-36-40-43-47-51-55-59-66(76)65(64-83-73-72(81)71(80)70(79)67(63-75)84-73)74-68(77)60-56-52-48-44-41-37-34-32-30-28-26-24-22-20-18-17-19-21-23-25-27-29-31-33-35-38-42-46-50-54-58-62-82-69(78)61-57-53-49-45-39-14-12-10-8-6-4-2/h13,15,40,43,55,59,65-67,70-73,75-76,79-81H,3-12,14,16-39,41-42,44-54,56-58,60-64H2,1-2H3,(H,74,77)/b15-13+,43-40+,59-55+. The van der Waals surface area contributed by atoms with Crippen LogP contribution in [0, 0.1) is 0 Å². The molecule has 1 rings (SSSR count). The van der Waals surface area contributed by atoms with Gasteiger partial charge in [-0.05, 0) is 57.8 Å². The number of carbonyl (C=O) groups is 2. The first-order chi connectivity index (χ1) is 41.2. The van der Waals surface area contributed by atoms with Crippen molar-refractivity contribution >= 4 is 11.9 Å². The maximum absolute atomic E-state index is 13.1. The summed E-state index contributed by atoms with van der Waals surface area (Å²) in [6.45, 7) is 4.34. The maximum atomic E-state index is 13.1. The number of amides is 1. The smallest absolute Gasteiger partial charge is 0.305 e. The van der Waals surface area contributed by atoms with Gasteiger partial charge in [0.25, 0.3) is 0 Å². The SMILES string of the molecule is CCCCCC/C=C/CC/C=C/CC/C=C/C(O)C(COC1OC(CO)C(O)C(O)C1O)NC(=O)CCCCCCCCCCCCCCCCCCCCCCCCCCCCCCCCCOC(=O)CCCCCCCCCCCCC. The molecule has 7 unspecified atom stereocenters. The van der Waals surface area contributed by atoms with Crippen LogP contribution in [-0.2, 0) is 23.8 Å². The molecule has 0 aromatic carbocycles. The van der Waals surface area contributed by atoms with Crippen LogP contribution in [0.4, 0.5) is 0 Å². The maximum Gasteiger partial charge on any atom is 0.305 e. The Kier molecular flexibility index (Phi) is 59.4. The minimum Gasteiger partial charge on any atom is -0.466 e. The molecule has 0 spiro atoms. The van der Waals surface area contributed by atoms with Gasteiger partial charge < -0.3 is 45.1 Å². The number of unbranched alkanes of at least 4 members (excludes halogenated alkanes) is 46. The molecule has 1 aliphatic rings. The minimum atomic E-state index is -1.58. The van der Waals surface area contributed by atoms with Crippen LogP contribution in [0.5, 0.6) is 0 Å². The van der Waals surface area contributed by atoms with Gasteiger partial charge in [-0.15, -0.1) is 0 Å². The third-order valence-corrected chi connectivity index (χ3v) is 17.2. The quantitative estimate of drug-likeness (QED) is 0.0195. The van der Waals surface area contributed by atoms with Crippen molar-refractivity contribution in [3.63, 3.8) is 0 Å². The van der Waals surface area contributed by atoms with Crippen molar-refractivity contribution in [3.8, 4) is 0 Å². The van der Waals surface area contributed by atoms with Crippen LogP contribution in [0.15, 0.2) is 36.5 Å². The predicted octanol–water partition coefficient (Wildman–Crippen LogP) is 18.6. The zero-order valence-electron chi connectivity index (χ0n) is 54.9. The average Bonchev–Trinajstić information content (AvgIpc) is 3.68. The Labute approximate surface area is 517 Å². The van der Waals surface area contributed by atoms with Crippen LogP contribution in [0.25, 0.3) is 0 Å². The number of aliphatic hydroxyl groups is 5. The molecule has 84 heavy (non-hydrogen) atoms. The van der Waals surface area contributed by atoms with Crippen LogP contribution < -0.4 is 5.32 Å². The van der Waals surface area contributed by atoms with E-state index in [2.05, 4.69) is 43.5 Å². The Bertz CT molecular complexity index is 1490. The number of nitrogens with one attached hydrogen (secondary N) is 1. The monoisotopic (exact) mass is 1190 g/mol. The van der Waals surface area contributed by atoms with Crippen molar-refractivity contribution in [1.29, 1.82) is 0 Å². The van der Waals surface area contributed by atoms with E-state index in [0.29, 0.717) is 19.4 Å². The number of hydrogen-bond donors (Lipinski definition) is 6. The summed E-state index contributed by atoms with van der Waals surface area (Å²) in [6, 6.07) is -0.832. The number of carbonyl (C=O) groups excluding carboxylic acids is 2. The van der Waals surface area contributed by atoms with Crippen LogP contribution in [0.2, 0.25) is 0 Å². The van der Waals surface area contributed by atoms with E-state index < -0.39 is 49.5 Å². The van der Waals surface area contributed by atoms with E-state index >= 15 is 0 Å². The fourth-order valence-electron chi connectivity index (χ4n) is 11.5. The lowest BCUT2D eigenvalue weighted by Crippen LogP contribution is -2.60. The molecule has 11 nitrogen and oxygen atoms in total. The van der Waals surface area contributed by atoms with Gasteiger partial charge in [0.15, 0.2) is 6.29 Å². The van der Waals surface area contributed by atoms with Crippen molar-refractivity contribution in [3.05, 3.63) is 36.5 Å². The molecular weight excluding hydrogens is 1050 g/mol. The summed E-state index contributed by atoms with van der Waals surface area (Å²) in [4.78, 5) is 25.1. The molecule has 11 heteroatoms. The topological polar surface area (TPSA) is 175 Å². The molecule has 6 N–H and O–H groups in total. The first kappa shape index (κ1) is 79.9.